The summed E-state index contributed by atoms with van der Waals surface area (Å²) in [5.41, 5.74) is 0.620. The van der Waals surface area contributed by atoms with Gasteiger partial charge in [0.05, 0.1) is 37.7 Å². The van der Waals surface area contributed by atoms with Gasteiger partial charge in [-0.05, 0) is 43.9 Å². The SMILES string of the molecule is CCOC(=O)c1cn2c(cc1=O)-c1cc(C(F)F)c(OCC3COC3)cc1CC2(C)C(C)C. The zero-order valence-electron chi connectivity index (χ0n) is 19.3. The first-order valence-electron chi connectivity index (χ1n) is 11.3. The number of pyridine rings is 1. The summed E-state index contributed by atoms with van der Waals surface area (Å²) in [7, 11) is 0. The molecule has 0 saturated carbocycles. The highest BCUT2D eigenvalue weighted by molar-refractivity contribution is 5.89. The van der Waals surface area contributed by atoms with Gasteiger partial charge in [-0.15, -0.1) is 0 Å². The molecule has 0 radical (unpaired) electrons. The van der Waals surface area contributed by atoms with Crippen LogP contribution < -0.4 is 10.2 Å². The minimum absolute atomic E-state index is 0.0623. The lowest BCUT2D eigenvalue weighted by Crippen LogP contribution is -2.42. The van der Waals surface area contributed by atoms with Crippen molar-refractivity contribution in [2.75, 3.05) is 26.4 Å². The molecule has 0 bridgehead atoms. The molecule has 3 heterocycles. The van der Waals surface area contributed by atoms with E-state index in [1.807, 2.05) is 11.5 Å². The van der Waals surface area contributed by atoms with Gasteiger partial charge in [0.15, 0.2) is 5.43 Å². The van der Waals surface area contributed by atoms with Gasteiger partial charge in [0, 0.05) is 29.3 Å². The van der Waals surface area contributed by atoms with Crippen LogP contribution in [0.15, 0.2) is 29.2 Å². The van der Waals surface area contributed by atoms with Crippen LogP contribution in [0.5, 0.6) is 5.75 Å². The molecule has 1 unspecified atom stereocenters. The van der Waals surface area contributed by atoms with Gasteiger partial charge >= 0.3 is 5.97 Å². The lowest BCUT2D eigenvalue weighted by atomic mass is 9.76. The molecule has 1 fully saturated rings. The Morgan fingerprint density at radius 2 is 2.00 bits per heavy atom. The molecule has 6 nitrogen and oxygen atoms in total. The van der Waals surface area contributed by atoms with E-state index in [0.29, 0.717) is 37.5 Å². The van der Waals surface area contributed by atoms with Crippen LogP contribution in [0.4, 0.5) is 8.78 Å². The Kier molecular flexibility index (Phi) is 6.31. The predicted octanol–water partition coefficient (Wildman–Crippen LogP) is 4.58. The average Bonchev–Trinajstić information content (AvgIpc) is 2.71. The predicted molar refractivity (Wildman–Crippen MR) is 119 cm³/mol. The maximum absolute atomic E-state index is 14.0. The number of ether oxygens (including phenoxy) is 3. The van der Waals surface area contributed by atoms with Gasteiger partial charge in [-0.2, -0.15) is 0 Å². The molecule has 33 heavy (non-hydrogen) atoms. The van der Waals surface area contributed by atoms with E-state index in [4.69, 9.17) is 14.2 Å². The molecular weight excluding hydrogens is 432 g/mol. The summed E-state index contributed by atoms with van der Waals surface area (Å²) in [5, 5.41) is 0. The minimum Gasteiger partial charge on any atom is -0.493 e. The van der Waals surface area contributed by atoms with E-state index >= 15 is 0 Å². The molecule has 1 atom stereocenters. The number of esters is 1. The van der Waals surface area contributed by atoms with E-state index in [-0.39, 0.29) is 35.3 Å². The summed E-state index contributed by atoms with van der Waals surface area (Å²) < 4.78 is 45.8. The number of fused-ring (bicyclic) bond motifs is 3. The number of alkyl halides is 2. The van der Waals surface area contributed by atoms with E-state index < -0.39 is 23.4 Å². The van der Waals surface area contributed by atoms with Crippen LogP contribution >= 0.6 is 0 Å². The second kappa shape index (κ2) is 8.89. The number of hydrogen-bond donors (Lipinski definition) is 0. The smallest absolute Gasteiger partial charge is 0.343 e. The fourth-order valence-corrected chi connectivity index (χ4v) is 4.39. The third-order valence-corrected chi connectivity index (χ3v) is 6.82. The molecular formula is C25H29F2NO5. The quantitative estimate of drug-likeness (QED) is 0.565. The highest BCUT2D eigenvalue weighted by Crippen LogP contribution is 2.45. The molecule has 178 valence electrons. The van der Waals surface area contributed by atoms with E-state index in [0.717, 1.165) is 5.56 Å². The van der Waals surface area contributed by atoms with Crippen molar-refractivity contribution in [1.29, 1.82) is 0 Å². The molecule has 1 aromatic heterocycles. The summed E-state index contributed by atoms with van der Waals surface area (Å²) in [5.74, 6) is -0.200. The van der Waals surface area contributed by atoms with Crippen molar-refractivity contribution in [3.05, 3.63) is 51.3 Å². The molecule has 2 aromatic rings. The van der Waals surface area contributed by atoms with Gasteiger partial charge in [-0.1, -0.05) is 13.8 Å². The van der Waals surface area contributed by atoms with Crippen molar-refractivity contribution >= 4 is 5.97 Å². The Hall–Kier alpha value is -2.74. The number of carbonyl (C=O) groups excluding carboxylic acids is 1. The zero-order chi connectivity index (χ0) is 23.9. The van der Waals surface area contributed by atoms with Gasteiger partial charge < -0.3 is 18.8 Å². The van der Waals surface area contributed by atoms with E-state index in [1.54, 1.807) is 13.0 Å². The first kappa shape index (κ1) is 23.4. The van der Waals surface area contributed by atoms with Crippen LogP contribution in [0.25, 0.3) is 11.3 Å². The molecule has 0 spiro atoms. The molecule has 1 saturated heterocycles. The minimum atomic E-state index is -2.74. The van der Waals surface area contributed by atoms with Crippen molar-refractivity contribution in [1.82, 2.24) is 4.57 Å². The lowest BCUT2D eigenvalue weighted by Gasteiger charge is -2.43. The molecule has 2 aliphatic rings. The summed E-state index contributed by atoms with van der Waals surface area (Å²) in [4.78, 5) is 25.2. The molecule has 0 N–H and O–H groups in total. The molecule has 8 heteroatoms. The number of benzene rings is 1. The Morgan fingerprint density at radius 1 is 1.27 bits per heavy atom. The second-order valence-electron chi connectivity index (χ2n) is 9.28. The van der Waals surface area contributed by atoms with Crippen molar-refractivity contribution in [3.8, 4) is 17.0 Å². The van der Waals surface area contributed by atoms with Crippen LogP contribution in [-0.2, 0) is 21.4 Å². The van der Waals surface area contributed by atoms with Gasteiger partial charge in [0.25, 0.3) is 6.43 Å². The summed E-state index contributed by atoms with van der Waals surface area (Å²) >= 11 is 0. The fraction of sp³-hybridized carbons (Fsp3) is 0.520. The van der Waals surface area contributed by atoms with Crippen LogP contribution in [0.3, 0.4) is 0 Å². The monoisotopic (exact) mass is 461 g/mol. The Labute approximate surface area is 191 Å². The largest absolute Gasteiger partial charge is 0.493 e. The van der Waals surface area contributed by atoms with Crippen LogP contribution in [0.2, 0.25) is 0 Å². The topological polar surface area (TPSA) is 66.8 Å². The zero-order valence-corrected chi connectivity index (χ0v) is 19.3. The van der Waals surface area contributed by atoms with E-state index in [9.17, 15) is 18.4 Å². The number of halogens is 2. The Morgan fingerprint density at radius 3 is 2.58 bits per heavy atom. The highest BCUT2D eigenvalue weighted by Gasteiger charge is 2.38. The van der Waals surface area contributed by atoms with Crippen molar-refractivity contribution in [2.45, 2.75) is 46.1 Å². The molecule has 0 amide bonds. The first-order chi connectivity index (χ1) is 15.7. The van der Waals surface area contributed by atoms with Crippen molar-refractivity contribution < 1.29 is 27.8 Å². The molecule has 0 aliphatic carbocycles. The maximum Gasteiger partial charge on any atom is 0.343 e. The Bertz CT molecular complexity index is 1120. The van der Waals surface area contributed by atoms with Crippen LogP contribution in [0.1, 0.15) is 55.6 Å². The Balaban J connectivity index is 1.87. The second-order valence-corrected chi connectivity index (χ2v) is 9.28. The number of rotatable bonds is 7. The highest BCUT2D eigenvalue weighted by atomic mass is 19.3. The fourth-order valence-electron chi connectivity index (χ4n) is 4.39. The molecule has 2 aliphatic heterocycles. The van der Waals surface area contributed by atoms with Gasteiger partial charge in [0.2, 0.25) is 0 Å². The first-order valence-corrected chi connectivity index (χ1v) is 11.3. The molecule has 4 rings (SSSR count). The van der Waals surface area contributed by atoms with Crippen LogP contribution in [-0.4, -0.2) is 37.0 Å². The lowest BCUT2D eigenvalue weighted by molar-refractivity contribution is -0.0512. The van der Waals surface area contributed by atoms with E-state index in [1.165, 1.54) is 18.3 Å². The maximum atomic E-state index is 14.0. The summed E-state index contributed by atoms with van der Waals surface area (Å²) in [6, 6.07) is 4.46. The van der Waals surface area contributed by atoms with Gasteiger partial charge in [-0.25, -0.2) is 13.6 Å². The number of hydrogen-bond acceptors (Lipinski definition) is 5. The van der Waals surface area contributed by atoms with E-state index in [2.05, 4.69) is 13.8 Å². The van der Waals surface area contributed by atoms with Crippen molar-refractivity contribution in [2.24, 2.45) is 11.8 Å². The van der Waals surface area contributed by atoms with Crippen molar-refractivity contribution in [3.63, 3.8) is 0 Å². The average molecular weight is 462 g/mol. The third-order valence-electron chi connectivity index (χ3n) is 6.82. The number of aromatic nitrogens is 1. The standard InChI is InChI=1S/C25H29F2NO5/c1-5-32-24(30)19-10-28-20(8-21(19)29)17-7-18(23(26)27)22(33-13-15-11-31-12-15)6-16(17)9-25(28,4)14(2)3/h6-8,10,14-15,23H,5,9,11-13H2,1-4H3. The van der Waals surface area contributed by atoms with Gasteiger partial charge in [0.1, 0.15) is 11.3 Å². The summed E-state index contributed by atoms with van der Waals surface area (Å²) in [6.45, 7) is 9.43. The number of nitrogens with zero attached hydrogens (tertiary/aromatic N) is 1. The van der Waals surface area contributed by atoms with Crippen LogP contribution in [0, 0.1) is 11.8 Å². The van der Waals surface area contributed by atoms with Gasteiger partial charge in [-0.3, -0.25) is 4.79 Å². The number of carbonyl (C=O) groups is 1. The normalized spacial score (nSPS) is 19.8. The summed E-state index contributed by atoms with van der Waals surface area (Å²) in [6.07, 6.45) is -0.688. The molecule has 1 aromatic carbocycles. The third kappa shape index (κ3) is 4.16.